The molecule has 2 rings (SSSR count). The second kappa shape index (κ2) is 4.99. The van der Waals surface area contributed by atoms with Crippen molar-refractivity contribution in [2.45, 2.75) is 26.4 Å². The predicted octanol–water partition coefficient (Wildman–Crippen LogP) is 4.02. The van der Waals surface area contributed by atoms with Crippen LogP contribution in [0.1, 0.15) is 20.3 Å². The van der Waals surface area contributed by atoms with Gasteiger partial charge in [-0.2, -0.15) is 0 Å². The highest BCUT2D eigenvalue weighted by atomic mass is 127. The first kappa shape index (κ1) is 11.6. The van der Waals surface area contributed by atoms with Gasteiger partial charge in [-0.1, -0.05) is 13.0 Å². The summed E-state index contributed by atoms with van der Waals surface area (Å²) in [7, 11) is 0. The number of rotatable bonds is 3. The number of aromatic nitrogens is 1. The molecular weight excluding hydrogens is 313 g/mol. The topological polar surface area (TPSA) is 22.1 Å². The first-order valence-electron chi connectivity index (χ1n) is 5.42. The lowest BCUT2D eigenvalue weighted by molar-refractivity contribution is 0.220. The maximum absolute atomic E-state index is 5.87. The standard InChI is InChI=1S/C13H14INO/c1-3-9(2)16-12-7-6-11(14)10-5-4-8-15-13(10)12/h4-9H,3H2,1-2H3/t9-/m1/s1. The van der Waals surface area contributed by atoms with E-state index in [0.29, 0.717) is 0 Å². The summed E-state index contributed by atoms with van der Waals surface area (Å²) in [6, 6.07) is 8.11. The molecule has 0 amide bonds. The molecule has 0 aliphatic rings. The van der Waals surface area contributed by atoms with Gasteiger partial charge >= 0.3 is 0 Å². The maximum atomic E-state index is 5.87. The lowest BCUT2D eigenvalue weighted by Gasteiger charge is -2.14. The van der Waals surface area contributed by atoms with E-state index in [9.17, 15) is 0 Å². The Hall–Kier alpha value is -0.840. The summed E-state index contributed by atoms with van der Waals surface area (Å²) < 4.78 is 7.07. The molecule has 84 valence electrons. The Kier molecular flexibility index (Phi) is 3.63. The molecule has 0 fully saturated rings. The summed E-state index contributed by atoms with van der Waals surface area (Å²) in [6.45, 7) is 4.19. The van der Waals surface area contributed by atoms with Gasteiger partial charge < -0.3 is 4.74 Å². The highest BCUT2D eigenvalue weighted by Gasteiger charge is 2.08. The van der Waals surface area contributed by atoms with Crippen LogP contribution in [0, 0.1) is 3.57 Å². The Morgan fingerprint density at radius 3 is 2.94 bits per heavy atom. The molecule has 2 aromatic rings. The van der Waals surface area contributed by atoms with E-state index in [1.165, 1.54) is 3.57 Å². The van der Waals surface area contributed by atoms with Gasteiger partial charge in [0.15, 0.2) is 0 Å². The molecule has 3 heteroatoms. The van der Waals surface area contributed by atoms with Gasteiger partial charge in [0.05, 0.1) is 6.10 Å². The number of ether oxygens (including phenoxy) is 1. The maximum Gasteiger partial charge on any atom is 0.145 e. The summed E-state index contributed by atoms with van der Waals surface area (Å²) >= 11 is 2.32. The molecule has 0 radical (unpaired) electrons. The molecule has 1 aromatic heterocycles. The average molecular weight is 327 g/mol. The minimum absolute atomic E-state index is 0.227. The smallest absolute Gasteiger partial charge is 0.145 e. The fourth-order valence-corrected chi connectivity index (χ4v) is 2.12. The Morgan fingerprint density at radius 2 is 2.19 bits per heavy atom. The van der Waals surface area contributed by atoms with Crippen molar-refractivity contribution in [3.63, 3.8) is 0 Å². The molecule has 0 spiro atoms. The molecule has 1 atom stereocenters. The van der Waals surface area contributed by atoms with Crippen LogP contribution in [0.4, 0.5) is 0 Å². The zero-order chi connectivity index (χ0) is 11.5. The largest absolute Gasteiger partial charge is 0.488 e. The number of benzene rings is 1. The molecule has 0 aliphatic carbocycles. The van der Waals surface area contributed by atoms with Crippen LogP contribution < -0.4 is 4.74 Å². The second-order valence-electron chi connectivity index (χ2n) is 3.78. The quantitative estimate of drug-likeness (QED) is 0.795. The lowest BCUT2D eigenvalue weighted by Crippen LogP contribution is -2.10. The summed E-state index contributed by atoms with van der Waals surface area (Å²) in [4.78, 5) is 4.40. The normalized spacial score (nSPS) is 12.7. The van der Waals surface area contributed by atoms with Gasteiger partial charge in [-0.05, 0) is 54.1 Å². The van der Waals surface area contributed by atoms with Crippen molar-refractivity contribution in [3.8, 4) is 5.75 Å². The van der Waals surface area contributed by atoms with E-state index in [-0.39, 0.29) is 6.10 Å². The third-order valence-electron chi connectivity index (χ3n) is 2.58. The Bertz CT molecular complexity index is 498. The van der Waals surface area contributed by atoms with Gasteiger partial charge in [-0.15, -0.1) is 0 Å². The molecule has 2 nitrogen and oxygen atoms in total. The SMILES string of the molecule is CC[C@@H](C)Oc1ccc(I)c2cccnc12. The van der Waals surface area contributed by atoms with Crippen molar-refractivity contribution < 1.29 is 4.74 Å². The van der Waals surface area contributed by atoms with E-state index in [1.807, 2.05) is 18.3 Å². The number of halogens is 1. The lowest BCUT2D eigenvalue weighted by atomic mass is 10.2. The third kappa shape index (κ3) is 2.29. The first-order chi connectivity index (χ1) is 7.72. The zero-order valence-electron chi connectivity index (χ0n) is 9.40. The summed E-state index contributed by atoms with van der Waals surface area (Å²) in [5.74, 6) is 0.880. The number of nitrogens with zero attached hydrogens (tertiary/aromatic N) is 1. The van der Waals surface area contributed by atoms with Gasteiger partial charge in [-0.3, -0.25) is 4.98 Å². The Labute approximate surface area is 109 Å². The Balaban J connectivity index is 2.50. The van der Waals surface area contributed by atoms with E-state index in [0.717, 1.165) is 23.1 Å². The van der Waals surface area contributed by atoms with E-state index < -0.39 is 0 Å². The molecule has 0 saturated heterocycles. The van der Waals surface area contributed by atoms with E-state index in [1.54, 1.807) is 0 Å². The number of pyridine rings is 1. The van der Waals surface area contributed by atoms with Crippen molar-refractivity contribution in [3.05, 3.63) is 34.0 Å². The van der Waals surface area contributed by atoms with Crippen LogP contribution in [0.2, 0.25) is 0 Å². The fourth-order valence-electron chi connectivity index (χ4n) is 1.51. The van der Waals surface area contributed by atoms with Crippen LogP contribution in [0.5, 0.6) is 5.75 Å². The van der Waals surface area contributed by atoms with Crippen molar-refractivity contribution in [2.75, 3.05) is 0 Å². The summed E-state index contributed by atoms with van der Waals surface area (Å²) in [6.07, 6.45) is 3.03. The number of hydrogen-bond acceptors (Lipinski definition) is 2. The van der Waals surface area contributed by atoms with Gasteiger partial charge in [-0.25, -0.2) is 0 Å². The molecule has 1 heterocycles. The summed E-state index contributed by atoms with van der Waals surface area (Å²) in [5.41, 5.74) is 0.953. The zero-order valence-corrected chi connectivity index (χ0v) is 11.6. The van der Waals surface area contributed by atoms with Crippen molar-refractivity contribution in [1.82, 2.24) is 4.98 Å². The molecule has 16 heavy (non-hydrogen) atoms. The molecule has 0 unspecified atom stereocenters. The van der Waals surface area contributed by atoms with Gasteiger partial charge in [0.1, 0.15) is 11.3 Å². The number of hydrogen-bond donors (Lipinski definition) is 0. The van der Waals surface area contributed by atoms with Gasteiger partial charge in [0.25, 0.3) is 0 Å². The van der Waals surface area contributed by atoms with Crippen LogP contribution in [0.15, 0.2) is 30.5 Å². The molecule has 0 saturated carbocycles. The molecule has 0 bridgehead atoms. The van der Waals surface area contributed by atoms with E-state index >= 15 is 0 Å². The van der Waals surface area contributed by atoms with Crippen molar-refractivity contribution in [1.29, 1.82) is 0 Å². The monoisotopic (exact) mass is 327 g/mol. The number of fused-ring (bicyclic) bond motifs is 1. The second-order valence-corrected chi connectivity index (χ2v) is 4.94. The molecule has 0 aliphatic heterocycles. The van der Waals surface area contributed by atoms with Crippen LogP contribution in [0.25, 0.3) is 10.9 Å². The van der Waals surface area contributed by atoms with E-state index in [2.05, 4.69) is 53.6 Å². The van der Waals surface area contributed by atoms with Gasteiger partial charge in [0.2, 0.25) is 0 Å². The van der Waals surface area contributed by atoms with Crippen LogP contribution in [-0.2, 0) is 0 Å². The van der Waals surface area contributed by atoms with Crippen molar-refractivity contribution >= 4 is 33.5 Å². The van der Waals surface area contributed by atoms with Crippen LogP contribution >= 0.6 is 22.6 Å². The van der Waals surface area contributed by atoms with Gasteiger partial charge in [0, 0.05) is 15.2 Å². The predicted molar refractivity (Wildman–Crippen MR) is 74.8 cm³/mol. The minimum atomic E-state index is 0.227. The molecule has 1 aromatic carbocycles. The fraction of sp³-hybridized carbons (Fsp3) is 0.308. The highest BCUT2D eigenvalue weighted by Crippen LogP contribution is 2.28. The third-order valence-corrected chi connectivity index (χ3v) is 3.52. The molecular formula is C13H14INO. The van der Waals surface area contributed by atoms with Crippen molar-refractivity contribution in [2.24, 2.45) is 0 Å². The average Bonchev–Trinajstić information content (AvgIpc) is 2.33. The van der Waals surface area contributed by atoms with Crippen LogP contribution in [-0.4, -0.2) is 11.1 Å². The summed E-state index contributed by atoms with van der Waals surface area (Å²) in [5, 5.41) is 1.16. The highest BCUT2D eigenvalue weighted by molar-refractivity contribution is 14.1. The van der Waals surface area contributed by atoms with E-state index in [4.69, 9.17) is 4.74 Å². The first-order valence-corrected chi connectivity index (χ1v) is 6.50. The van der Waals surface area contributed by atoms with Crippen LogP contribution in [0.3, 0.4) is 0 Å². The minimum Gasteiger partial charge on any atom is -0.488 e. The molecule has 0 N–H and O–H groups in total. The Morgan fingerprint density at radius 1 is 1.38 bits per heavy atom.